The van der Waals surface area contributed by atoms with Gasteiger partial charge in [0.15, 0.2) is 0 Å². The van der Waals surface area contributed by atoms with Gasteiger partial charge in [-0.1, -0.05) is 13.0 Å². The van der Waals surface area contributed by atoms with E-state index < -0.39 is 0 Å². The first-order valence-corrected chi connectivity index (χ1v) is 6.35. The SMILES string of the molecule is Cc1ccc(F)cc1C(=O)N[C@H]1CNCC[C@H]1C. The molecule has 2 rings (SSSR count). The van der Waals surface area contributed by atoms with Gasteiger partial charge in [0.2, 0.25) is 0 Å². The first-order valence-electron chi connectivity index (χ1n) is 6.35. The van der Waals surface area contributed by atoms with Gasteiger partial charge in [-0.15, -0.1) is 0 Å². The predicted octanol–water partition coefficient (Wildman–Crippen LogP) is 1.86. The number of hydrogen-bond acceptors (Lipinski definition) is 2. The van der Waals surface area contributed by atoms with Crippen molar-refractivity contribution in [2.75, 3.05) is 13.1 Å². The van der Waals surface area contributed by atoms with Crippen LogP contribution in [-0.2, 0) is 0 Å². The Balaban J connectivity index is 2.09. The highest BCUT2D eigenvalue weighted by Gasteiger charge is 2.23. The van der Waals surface area contributed by atoms with E-state index in [9.17, 15) is 9.18 Å². The van der Waals surface area contributed by atoms with Crippen LogP contribution in [0.3, 0.4) is 0 Å². The highest BCUT2D eigenvalue weighted by Crippen LogP contribution is 2.14. The Morgan fingerprint density at radius 2 is 2.28 bits per heavy atom. The Morgan fingerprint density at radius 3 is 3.00 bits per heavy atom. The molecule has 0 bridgehead atoms. The number of hydrogen-bond donors (Lipinski definition) is 2. The van der Waals surface area contributed by atoms with Gasteiger partial charge in [-0.3, -0.25) is 4.79 Å². The van der Waals surface area contributed by atoms with E-state index in [4.69, 9.17) is 0 Å². The Labute approximate surface area is 107 Å². The summed E-state index contributed by atoms with van der Waals surface area (Å²) in [6.07, 6.45) is 1.05. The number of piperidine rings is 1. The number of carbonyl (C=O) groups excluding carboxylic acids is 1. The standard InChI is InChI=1S/C14H19FN2O/c1-9-3-4-11(15)7-12(9)14(18)17-13-8-16-6-5-10(13)2/h3-4,7,10,13,16H,5-6,8H2,1-2H3,(H,17,18)/t10-,13+/m1/s1. The second kappa shape index (κ2) is 5.48. The lowest BCUT2D eigenvalue weighted by atomic mass is 9.94. The van der Waals surface area contributed by atoms with Crippen molar-refractivity contribution in [3.05, 3.63) is 35.1 Å². The maximum absolute atomic E-state index is 13.2. The van der Waals surface area contributed by atoms with Crippen molar-refractivity contribution in [1.29, 1.82) is 0 Å². The molecule has 0 aromatic heterocycles. The van der Waals surface area contributed by atoms with Gasteiger partial charge in [0, 0.05) is 18.2 Å². The van der Waals surface area contributed by atoms with Gasteiger partial charge in [0.1, 0.15) is 5.82 Å². The summed E-state index contributed by atoms with van der Waals surface area (Å²) in [5, 5.41) is 6.24. The van der Waals surface area contributed by atoms with Crippen LogP contribution >= 0.6 is 0 Å². The van der Waals surface area contributed by atoms with Crippen LogP contribution in [0, 0.1) is 18.7 Å². The Bertz CT molecular complexity index is 447. The van der Waals surface area contributed by atoms with Gasteiger partial charge in [-0.2, -0.15) is 0 Å². The molecule has 2 atom stereocenters. The maximum Gasteiger partial charge on any atom is 0.251 e. The molecular formula is C14H19FN2O. The zero-order valence-corrected chi connectivity index (χ0v) is 10.8. The second-order valence-electron chi connectivity index (χ2n) is 5.01. The first-order chi connectivity index (χ1) is 8.58. The van der Waals surface area contributed by atoms with Gasteiger partial charge >= 0.3 is 0 Å². The Morgan fingerprint density at radius 1 is 1.50 bits per heavy atom. The highest BCUT2D eigenvalue weighted by atomic mass is 19.1. The minimum absolute atomic E-state index is 0.119. The molecule has 1 amide bonds. The molecule has 4 heteroatoms. The molecule has 0 saturated carbocycles. The molecule has 1 saturated heterocycles. The average molecular weight is 250 g/mol. The predicted molar refractivity (Wildman–Crippen MR) is 69.0 cm³/mol. The van der Waals surface area contributed by atoms with Gasteiger partial charge in [-0.25, -0.2) is 4.39 Å². The number of carbonyl (C=O) groups is 1. The van der Waals surface area contributed by atoms with E-state index in [1.165, 1.54) is 12.1 Å². The molecule has 0 radical (unpaired) electrons. The van der Waals surface area contributed by atoms with E-state index in [-0.39, 0.29) is 17.8 Å². The van der Waals surface area contributed by atoms with Crippen molar-refractivity contribution in [3.63, 3.8) is 0 Å². The summed E-state index contributed by atoms with van der Waals surface area (Å²) < 4.78 is 13.2. The fraction of sp³-hybridized carbons (Fsp3) is 0.500. The molecule has 1 aliphatic heterocycles. The van der Waals surface area contributed by atoms with Crippen molar-refractivity contribution in [2.24, 2.45) is 5.92 Å². The van der Waals surface area contributed by atoms with E-state index in [0.717, 1.165) is 25.1 Å². The lowest BCUT2D eigenvalue weighted by Gasteiger charge is -2.30. The Kier molecular flexibility index (Phi) is 3.97. The molecule has 98 valence electrons. The fourth-order valence-electron chi connectivity index (χ4n) is 2.27. The van der Waals surface area contributed by atoms with Crippen LogP contribution in [0.2, 0.25) is 0 Å². The maximum atomic E-state index is 13.2. The molecule has 18 heavy (non-hydrogen) atoms. The van der Waals surface area contributed by atoms with Gasteiger partial charge in [-0.05, 0) is 43.5 Å². The first kappa shape index (κ1) is 13.0. The van der Waals surface area contributed by atoms with Crippen molar-refractivity contribution >= 4 is 5.91 Å². The van der Waals surface area contributed by atoms with E-state index in [1.807, 2.05) is 6.92 Å². The summed E-state index contributed by atoms with van der Waals surface area (Å²) in [5.74, 6) is -0.114. The second-order valence-corrected chi connectivity index (χ2v) is 5.01. The van der Waals surface area contributed by atoms with E-state index in [1.54, 1.807) is 6.07 Å². The van der Waals surface area contributed by atoms with Crippen molar-refractivity contribution in [2.45, 2.75) is 26.3 Å². The van der Waals surface area contributed by atoms with Crippen LogP contribution in [0.5, 0.6) is 0 Å². The lowest BCUT2D eigenvalue weighted by molar-refractivity contribution is 0.0914. The lowest BCUT2D eigenvalue weighted by Crippen LogP contribution is -2.50. The molecule has 3 nitrogen and oxygen atoms in total. The summed E-state index contributed by atoms with van der Waals surface area (Å²) in [5.41, 5.74) is 1.22. The van der Waals surface area contributed by atoms with E-state index in [0.29, 0.717) is 11.5 Å². The molecule has 1 fully saturated rings. The number of halogens is 1. The zero-order chi connectivity index (χ0) is 13.1. The highest BCUT2D eigenvalue weighted by molar-refractivity contribution is 5.95. The third kappa shape index (κ3) is 2.88. The average Bonchev–Trinajstić information content (AvgIpc) is 2.35. The number of benzene rings is 1. The van der Waals surface area contributed by atoms with Crippen LogP contribution in [0.15, 0.2) is 18.2 Å². The molecule has 0 spiro atoms. The number of nitrogens with one attached hydrogen (secondary N) is 2. The normalized spacial score (nSPS) is 23.7. The molecular weight excluding hydrogens is 231 g/mol. The quantitative estimate of drug-likeness (QED) is 0.841. The smallest absolute Gasteiger partial charge is 0.251 e. The molecule has 0 unspecified atom stereocenters. The van der Waals surface area contributed by atoms with Gasteiger partial charge in [0.25, 0.3) is 5.91 Å². The summed E-state index contributed by atoms with van der Waals surface area (Å²) in [6.45, 7) is 5.72. The third-order valence-electron chi connectivity index (χ3n) is 3.59. The van der Waals surface area contributed by atoms with E-state index in [2.05, 4.69) is 17.6 Å². The minimum Gasteiger partial charge on any atom is -0.348 e. The van der Waals surface area contributed by atoms with Crippen molar-refractivity contribution < 1.29 is 9.18 Å². The van der Waals surface area contributed by atoms with Gasteiger partial charge in [0.05, 0.1) is 0 Å². The summed E-state index contributed by atoms with van der Waals surface area (Å²) >= 11 is 0. The topological polar surface area (TPSA) is 41.1 Å². The minimum atomic E-state index is -0.374. The van der Waals surface area contributed by atoms with Crippen molar-refractivity contribution in [1.82, 2.24) is 10.6 Å². The summed E-state index contributed by atoms with van der Waals surface area (Å²) in [4.78, 5) is 12.1. The molecule has 1 heterocycles. The van der Waals surface area contributed by atoms with E-state index >= 15 is 0 Å². The summed E-state index contributed by atoms with van der Waals surface area (Å²) in [6, 6.07) is 4.42. The fourth-order valence-corrected chi connectivity index (χ4v) is 2.27. The molecule has 1 aliphatic rings. The largest absolute Gasteiger partial charge is 0.348 e. The zero-order valence-electron chi connectivity index (χ0n) is 10.8. The molecule has 0 aliphatic carbocycles. The van der Waals surface area contributed by atoms with Crippen molar-refractivity contribution in [3.8, 4) is 0 Å². The van der Waals surface area contributed by atoms with Crippen LogP contribution in [0.25, 0.3) is 0 Å². The van der Waals surface area contributed by atoms with Gasteiger partial charge < -0.3 is 10.6 Å². The Hall–Kier alpha value is -1.42. The van der Waals surface area contributed by atoms with Crippen LogP contribution < -0.4 is 10.6 Å². The monoisotopic (exact) mass is 250 g/mol. The third-order valence-corrected chi connectivity index (χ3v) is 3.59. The number of aryl methyl sites for hydroxylation is 1. The molecule has 1 aromatic rings. The number of rotatable bonds is 2. The molecule has 1 aromatic carbocycles. The number of amides is 1. The summed E-state index contributed by atoms with van der Waals surface area (Å²) in [7, 11) is 0. The van der Waals surface area contributed by atoms with Crippen LogP contribution in [0.4, 0.5) is 4.39 Å². The van der Waals surface area contributed by atoms with Crippen LogP contribution in [-0.4, -0.2) is 25.0 Å². The molecule has 2 N–H and O–H groups in total. The van der Waals surface area contributed by atoms with Crippen LogP contribution in [0.1, 0.15) is 29.3 Å².